The smallest absolute Gasteiger partial charge is 0.219 e. The number of ether oxygens (including phenoxy) is 5. The van der Waals surface area contributed by atoms with Crippen molar-refractivity contribution >= 4 is 23.5 Å². The molecule has 0 aliphatic carbocycles. The lowest BCUT2D eigenvalue weighted by Gasteiger charge is -2.40. The third kappa shape index (κ3) is 6.83. The maximum absolute atomic E-state index is 6.84. The van der Waals surface area contributed by atoms with Gasteiger partial charge in [-0.1, -0.05) is 91.0 Å². The highest BCUT2D eigenvalue weighted by atomic mass is 32.2. The fraction of sp³-hybridized carbons (Fsp3) is 0.419. The number of hydrogen-bond acceptors (Lipinski definition) is 7. The summed E-state index contributed by atoms with van der Waals surface area (Å²) in [7, 11) is 1.73. The van der Waals surface area contributed by atoms with E-state index in [0.717, 1.165) is 28.2 Å². The number of methoxy groups -OCH3 is 1. The van der Waals surface area contributed by atoms with E-state index in [9.17, 15) is 0 Å². The average molecular weight is 553 g/mol. The van der Waals surface area contributed by atoms with E-state index in [1.807, 2.05) is 78.1 Å². The van der Waals surface area contributed by atoms with E-state index >= 15 is 0 Å². The van der Waals surface area contributed by atoms with Crippen LogP contribution in [-0.2, 0) is 43.5 Å². The van der Waals surface area contributed by atoms with Crippen molar-refractivity contribution in [2.75, 3.05) is 25.2 Å². The van der Waals surface area contributed by atoms with Crippen LogP contribution in [0.5, 0.6) is 0 Å². The lowest BCUT2D eigenvalue weighted by Crippen LogP contribution is -2.53. The number of benzene rings is 3. The van der Waals surface area contributed by atoms with Crippen LogP contribution < -0.4 is 0 Å². The highest BCUT2D eigenvalue weighted by Crippen LogP contribution is 2.49. The van der Waals surface area contributed by atoms with E-state index in [0.29, 0.717) is 26.4 Å². The van der Waals surface area contributed by atoms with Crippen LogP contribution in [0.1, 0.15) is 23.1 Å². The fourth-order valence-corrected chi connectivity index (χ4v) is 8.13. The molecule has 0 bridgehead atoms. The molecule has 3 aromatic carbocycles. The summed E-state index contributed by atoms with van der Waals surface area (Å²) in [6.45, 7) is 1.80. The molecule has 0 unspecified atom stereocenters. The maximum atomic E-state index is 6.84. The van der Waals surface area contributed by atoms with Crippen LogP contribution in [0.3, 0.4) is 0 Å². The second-order valence-corrected chi connectivity index (χ2v) is 12.2. The Morgan fingerprint density at radius 1 is 0.737 bits per heavy atom. The Bertz CT molecular complexity index is 1080. The number of thioether (sulfide) groups is 2. The minimum atomic E-state index is -0.952. The van der Waals surface area contributed by atoms with E-state index in [1.165, 1.54) is 6.42 Å². The molecule has 7 heteroatoms. The van der Waals surface area contributed by atoms with Gasteiger partial charge in [-0.2, -0.15) is 0 Å². The molecule has 4 atom stereocenters. The van der Waals surface area contributed by atoms with Gasteiger partial charge in [-0.15, -0.1) is 23.5 Å². The summed E-state index contributed by atoms with van der Waals surface area (Å²) in [6, 6.07) is 30.7. The summed E-state index contributed by atoms with van der Waals surface area (Å²) in [6.07, 6.45) is 0.0486. The van der Waals surface area contributed by atoms with E-state index in [2.05, 4.69) is 36.4 Å². The molecule has 0 spiro atoms. The van der Waals surface area contributed by atoms with Crippen molar-refractivity contribution in [3.8, 4) is 0 Å². The highest BCUT2D eigenvalue weighted by molar-refractivity contribution is 8.17. The largest absolute Gasteiger partial charge is 0.374 e. The molecule has 0 aromatic heterocycles. The van der Waals surface area contributed by atoms with Gasteiger partial charge in [-0.05, 0) is 34.6 Å². The minimum absolute atomic E-state index is 0.0731. The predicted molar refractivity (Wildman–Crippen MR) is 154 cm³/mol. The van der Waals surface area contributed by atoms with Gasteiger partial charge in [0.05, 0.1) is 26.4 Å². The molecule has 5 rings (SSSR count). The normalized spacial score (nSPS) is 26.0. The van der Waals surface area contributed by atoms with Gasteiger partial charge in [0.15, 0.2) is 0 Å². The molecule has 202 valence electrons. The molecular formula is C31H36O5S2. The SMILES string of the molecule is CO[C@@]1(C2SCCCS2)O[C@@H](COCc2ccccc2)[C@H](OCc2ccccc2)[C@H]1OCc1ccccc1. The lowest BCUT2D eigenvalue weighted by molar-refractivity contribution is -0.249. The molecular weight excluding hydrogens is 516 g/mol. The highest BCUT2D eigenvalue weighted by Gasteiger charge is 2.62. The Hall–Kier alpha value is -1.84. The van der Waals surface area contributed by atoms with Crippen LogP contribution in [0.4, 0.5) is 0 Å². The first-order valence-electron chi connectivity index (χ1n) is 13.2. The first-order valence-corrected chi connectivity index (χ1v) is 15.3. The Kier molecular flexibility index (Phi) is 10.2. The molecule has 2 heterocycles. The third-order valence-corrected chi connectivity index (χ3v) is 9.95. The van der Waals surface area contributed by atoms with Crippen molar-refractivity contribution in [3.05, 3.63) is 108 Å². The van der Waals surface area contributed by atoms with Crippen molar-refractivity contribution in [1.82, 2.24) is 0 Å². The van der Waals surface area contributed by atoms with Gasteiger partial charge in [0.2, 0.25) is 5.79 Å². The first kappa shape index (κ1) is 27.7. The third-order valence-electron chi connectivity index (χ3n) is 6.82. The molecule has 38 heavy (non-hydrogen) atoms. The van der Waals surface area contributed by atoms with Crippen molar-refractivity contribution in [2.45, 2.75) is 54.9 Å². The maximum Gasteiger partial charge on any atom is 0.219 e. The van der Waals surface area contributed by atoms with E-state index < -0.39 is 11.9 Å². The Morgan fingerprint density at radius 2 is 1.26 bits per heavy atom. The van der Waals surface area contributed by atoms with Gasteiger partial charge in [0.1, 0.15) is 22.9 Å². The van der Waals surface area contributed by atoms with E-state index in [1.54, 1.807) is 7.11 Å². The van der Waals surface area contributed by atoms with Crippen LogP contribution in [0.25, 0.3) is 0 Å². The quantitative estimate of drug-likeness (QED) is 0.261. The molecule has 2 aliphatic rings. The summed E-state index contributed by atoms with van der Waals surface area (Å²) in [5, 5.41) is 0. The summed E-state index contributed by atoms with van der Waals surface area (Å²) < 4.78 is 32.7. The Balaban J connectivity index is 1.40. The zero-order chi connectivity index (χ0) is 26.0. The molecule has 0 radical (unpaired) electrons. The Morgan fingerprint density at radius 3 is 1.82 bits per heavy atom. The molecule has 2 saturated heterocycles. The standard InChI is InChI=1S/C31H36O5S2/c1-32-31(30-37-18-11-19-38-30)29(35-22-26-16-9-4-10-17-26)28(34-21-25-14-7-3-8-15-25)27(36-31)23-33-20-24-12-5-2-6-13-24/h2-10,12-17,27-30H,11,18-23H2,1H3/t27-,28-,29+,31+/m0/s1. The average Bonchev–Trinajstić information content (AvgIpc) is 3.30. The zero-order valence-corrected chi connectivity index (χ0v) is 23.4. The summed E-state index contributed by atoms with van der Waals surface area (Å²) in [5.41, 5.74) is 3.34. The van der Waals surface area contributed by atoms with E-state index in [4.69, 9.17) is 23.7 Å². The predicted octanol–water partition coefficient (Wildman–Crippen LogP) is 6.31. The van der Waals surface area contributed by atoms with Crippen molar-refractivity contribution in [1.29, 1.82) is 0 Å². The minimum Gasteiger partial charge on any atom is -0.374 e. The van der Waals surface area contributed by atoms with Gasteiger partial charge < -0.3 is 23.7 Å². The fourth-order valence-electron chi connectivity index (χ4n) is 4.89. The Labute approximate surface area is 234 Å². The molecule has 3 aromatic rings. The van der Waals surface area contributed by atoms with Crippen molar-refractivity contribution < 1.29 is 23.7 Å². The van der Waals surface area contributed by atoms with Gasteiger partial charge in [0.25, 0.3) is 0 Å². The molecule has 0 amide bonds. The summed E-state index contributed by atoms with van der Waals surface area (Å²) in [5.74, 6) is 1.19. The van der Waals surface area contributed by atoms with Gasteiger partial charge in [0, 0.05) is 7.11 Å². The summed E-state index contributed by atoms with van der Waals surface area (Å²) >= 11 is 3.77. The topological polar surface area (TPSA) is 46.2 Å². The molecule has 0 saturated carbocycles. The van der Waals surface area contributed by atoms with Crippen LogP contribution in [0.2, 0.25) is 0 Å². The van der Waals surface area contributed by atoms with Crippen molar-refractivity contribution in [3.63, 3.8) is 0 Å². The van der Waals surface area contributed by atoms with Gasteiger partial charge in [-0.3, -0.25) is 0 Å². The van der Waals surface area contributed by atoms with Crippen LogP contribution in [-0.4, -0.2) is 53.9 Å². The second kappa shape index (κ2) is 14.0. The van der Waals surface area contributed by atoms with Crippen LogP contribution in [0, 0.1) is 0 Å². The first-order chi connectivity index (χ1) is 18.8. The monoisotopic (exact) mass is 552 g/mol. The van der Waals surface area contributed by atoms with Gasteiger partial charge in [-0.25, -0.2) is 0 Å². The van der Waals surface area contributed by atoms with E-state index in [-0.39, 0.29) is 16.8 Å². The number of hydrogen-bond donors (Lipinski definition) is 0. The number of rotatable bonds is 12. The second-order valence-electron chi connectivity index (χ2n) is 9.49. The van der Waals surface area contributed by atoms with Crippen LogP contribution >= 0.6 is 23.5 Å². The molecule has 2 aliphatic heterocycles. The van der Waals surface area contributed by atoms with Crippen molar-refractivity contribution in [2.24, 2.45) is 0 Å². The molecule has 2 fully saturated rings. The lowest BCUT2D eigenvalue weighted by atomic mass is 10.0. The van der Waals surface area contributed by atoms with Gasteiger partial charge >= 0.3 is 0 Å². The molecule has 5 nitrogen and oxygen atoms in total. The zero-order valence-electron chi connectivity index (χ0n) is 21.8. The molecule has 0 N–H and O–H groups in total. The summed E-state index contributed by atoms with van der Waals surface area (Å²) in [4.78, 5) is 0. The van der Waals surface area contributed by atoms with Crippen LogP contribution in [0.15, 0.2) is 91.0 Å².